The molecule has 0 aliphatic carbocycles. The summed E-state index contributed by atoms with van der Waals surface area (Å²) in [5.41, 5.74) is 7.16. The summed E-state index contributed by atoms with van der Waals surface area (Å²) in [6.07, 6.45) is 4.98. The van der Waals surface area contributed by atoms with Crippen LogP contribution in [0, 0.1) is 5.92 Å². The lowest BCUT2D eigenvalue weighted by Gasteiger charge is -2.32. The standard InChI is InChI=1S/C17H21N3O.2ClH/c18-9-8-13-4-3-11-20(12-13)17(21)15-7-1-5-14-6-2-10-19-16(14)15;;/h1-2,5-7,10,13H,3-4,8-9,11-12,18H2;2*1H. The van der Waals surface area contributed by atoms with Crippen molar-refractivity contribution in [3.05, 3.63) is 42.1 Å². The smallest absolute Gasteiger partial charge is 0.256 e. The van der Waals surface area contributed by atoms with Crippen LogP contribution < -0.4 is 5.73 Å². The quantitative estimate of drug-likeness (QED) is 0.918. The number of para-hydroxylation sites is 1. The number of nitrogens with two attached hydrogens (primary N) is 1. The summed E-state index contributed by atoms with van der Waals surface area (Å²) in [6, 6.07) is 9.69. The highest BCUT2D eigenvalue weighted by Crippen LogP contribution is 2.23. The van der Waals surface area contributed by atoms with Gasteiger partial charge in [-0.2, -0.15) is 0 Å². The second kappa shape index (κ2) is 9.06. The number of aromatic nitrogens is 1. The molecule has 4 nitrogen and oxygen atoms in total. The first kappa shape index (κ1) is 19.7. The number of likely N-dealkylation sites (tertiary alicyclic amines) is 1. The average molecular weight is 356 g/mol. The van der Waals surface area contributed by atoms with Crippen molar-refractivity contribution >= 4 is 41.6 Å². The molecule has 1 unspecified atom stereocenters. The Bertz CT molecular complexity index is 643. The fourth-order valence-corrected chi connectivity index (χ4v) is 3.17. The van der Waals surface area contributed by atoms with Gasteiger partial charge in [-0.3, -0.25) is 9.78 Å². The minimum absolute atomic E-state index is 0. The third-order valence-electron chi connectivity index (χ3n) is 4.24. The first-order valence-electron chi connectivity index (χ1n) is 7.62. The van der Waals surface area contributed by atoms with E-state index in [2.05, 4.69) is 4.98 Å². The zero-order chi connectivity index (χ0) is 14.7. The summed E-state index contributed by atoms with van der Waals surface area (Å²) in [5, 5.41) is 1.01. The molecule has 1 aromatic carbocycles. The van der Waals surface area contributed by atoms with E-state index in [9.17, 15) is 4.79 Å². The largest absolute Gasteiger partial charge is 0.338 e. The molecule has 1 aliphatic heterocycles. The fraction of sp³-hybridized carbons (Fsp3) is 0.412. The van der Waals surface area contributed by atoms with Crippen molar-refractivity contribution in [1.82, 2.24) is 9.88 Å². The van der Waals surface area contributed by atoms with Crippen LogP contribution in [0.2, 0.25) is 0 Å². The summed E-state index contributed by atoms with van der Waals surface area (Å²) in [4.78, 5) is 19.2. The first-order valence-corrected chi connectivity index (χ1v) is 7.62. The molecular weight excluding hydrogens is 333 g/mol. The number of carbonyl (C=O) groups excluding carboxylic acids is 1. The van der Waals surface area contributed by atoms with E-state index in [4.69, 9.17) is 5.73 Å². The Morgan fingerprint density at radius 3 is 2.83 bits per heavy atom. The van der Waals surface area contributed by atoms with Gasteiger partial charge in [0.15, 0.2) is 0 Å². The summed E-state index contributed by atoms with van der Waals surface area (Å²) >= 11 is 0. The number of carbonyl (C=O) groups is 1. The molecule has 1 atom stereocenters. The van der Waals surface area contributed by atoms with E-state index in [-0.39, 0.29) is 30.7 Å². The molecule has 1 aromatic heterocycles. The highest BCUT2D eigenvalue weighted by atomic mass is 35.5. The van der Waals surface area contributed by atoms with Crippen LogP contribution in [-0.2, 0) is 0 Å². The lowest BCUT2D eigenvalue weighted by atomic mass is 9.94. The van der Waals surface area contributed by atoms with E-state index in [0.29, 0.717) is 18.0 Å². The Morgan fingerprint density at radius 2 is 2.04 bits per heavy atom. The first-order chi connectivity index (χ1) is 10.3. The minimum atomic E-state index is 0. The van der Waals surface area contributed by atoms with Crippen LogP contribution in [-0.4, -0.2) is 35.4 Å². The lowest BCUT2D eigenvalue weighted by molar-refractivity contribution is 0.0671. The Labute approximate surface area is 149 Å². The Morgan fingerprint density at radius 1 is 1.26 bits per heavy atom. The maximum absolute atomic E-state index is 12.8. The number of hydrogen-bond donors (Lipinski definition) is 1. The van der Waals surface area contributed by atoms with Crippen LogP contribution in [0.5, 0.6) is 0 Å². The Balaban J connectivity index is 0.00000132. The van der Waals surface area contributed by atoms with E-state index in [1.807, 2.05) is 35.2 Å². The van der Waals surface area contributed by atoms with Gasteiger partial charge in [-0.05, 0) is 43.9 Å². The van der Waals surface area contributed by atoms with E-state index >= 15 is 0 Å². The number of amides is 1. The molecule has 2 aromatic rings. The van der Waals surface area contributed by atoms with Crippen molar-refractivity contribution in [1.29, 1.82) is 0 Å². The molecule has 1 aliphatic rings. The molecule has 1 fully saturated rings. The van der Waals surface area contributed by atoms with E-state index in [1.54, 1.807) is 6.20 Å². The molecule has 0 spiro atoms. The summed E-state index contributed by atoms with van der Waals surface area (Å²) < 4.78 is 0. The third kappa shape index (κ3) is 4.34. The molecule has 0 bridgehead atoms. The van der Waals surface area contributed by atoms with Crippen molar-refractivity contribution in [3.8, 4) is 0 Å². The molecule has 3 rings (SSSR count). The van der Waals surface area contributed by atoms with Crippen LogP contribution in [0.25, 0.3) is 10.9 Å². The Hall–Kier alpha value is -1.36. The van der Waals surface area contributed by atoms with Gasteiger partial charge < -0.3 is 10.6 Å². The zero-order valence-corrected chi connectivity index (χ0v) is 14.6. The van der Waals surface area contributed by atoms with E-state index in [0.717, 1.165) is 36.8 Å². The highest BCUT2D eigenvalue weighted by molar-refractivity contribution is 6.05. The molecule has 2 heterocycles. The normalized spacial score (nSPS) is 17.3. The van der Waals surface area contributed by atoms with Gasteiger partial charge in [0.2, 0.25) is 0 Å². The molecule has 0 saturated carbocycles. The molecule has 0 radical (unpaired) electrons. The monoisotopic (exact) mass is 355 g/mol. The second-order valence-electron chi connectivity index (χ2n) is 5.72. The van der Waals surface area contributed by atoms with Crippen molar-refractivity contribution in [2.45, 2.75) is 19.3 Å². The SMILES string of the molecule is Cl.Cl.NCCC1CCCN(C(=O)c2cccc3cccnc23)C1. The lowest BCUT2D eigenvalue weighted by Crippen LogP contribution is -2.40. The van der Waals surface area contributed by atoms with Crippen LogP contribution in [0.15, 0.2) is 36.5 Å². The number of nitrogens with zero attached hydrogens (tertiary/aromatic N) is 2. The van der Waals surface area contributed by atoms with Gasteiger partial charge in [-0.1, -0.05) is 18.2 Å². The van der Waals surface area contributed by atoms with E-state index < -0.39 is 0 Å². The van der Waals surface area contributed by atoms with Crippen LogP contribution in [0.4, 0.5) is 0 Å². The molecule has 2 N–H and O–H groups in total. The number of hydrogen-bond acceptors (Lipinski definition) is 3. The summed E-state index contributed by atoms with van der Waals surface area (Å²) in [6.45, 7) is 2.35. The molecule has 1 amide bonds. The maximum Gasteiger partial charge on any atom is 0.256 e. The molecule has 6 heteroatoms. The number of benzene rings is 1. The van der Waals surface area contributed by atoms with E-state index in [1.165, 1.54) is 6.42 Å². The average Bonchev–Trinajstić information content (AvgIpc) is 2.54. The van der Waals surface area contributed by atoms with Gasteiger partial charge >= 0.3 is 0 Å². The van der Waals surface area contributed by atoms with Gasteiger partial charge in [-0.15, -0.1) is 24.8 Å². The summed E-state index contributed by atoms with van der Waals surface area (Å²) in [7, 11) is 0. The Kier molecular flexibility index (Phi) is 7.76. The van der Waals surface area contributed by atoms with Crippen molar-refractivity contribution in [3.63, 3.8) is 0 Å². The topological polar surface area (TPSA) is 59.2 Å². The minimum Gasteiger partial charge on any atom is -0.338 e. The molecule has 126 valence electrons. The number of fused-ring (bicyclic) bond motifs is 1. The maximum atomic E-state index is 12.8. The third-order valence-corrected chi connectivity index (χ3v) is 4.24. The molecular formula is C17H23Cl2N3O. The highest BCUT2D eigenvalue weighted by Gasteiger charge is 2.25. The van der Waals surface area contributed by atoms with Crippen LogP contribution in [0.1, 0.15) is 29.6 Å². The van der Waals surface area contributed by atoms with Crippen molar-refractivity contribution in [2.75, 3.05) is 19.6 Å². The number of rotatable bonds is 3. The zero-order valence-electron chi connectivity index (χ0n) is 13.0. The number of halogens is 2. The van der Waals surface area contributed by atoms with Gasteiger partial charge in [0, 0.05) is 24.7 Å². The van der Waals surface area contributed by atoms with Gasteiger partial charge in [0.25, 0.3) is 5.91 Å². The second-order valence-corrected chi connectivity index (χ2v) is 5.72. The fourth-order valence-electron chi connectivity index (χ4n) is 3.17. The molecule has 23 heavy (non-hydrogen) atoms. The number of pyridine rings is 1. The summed E-state index contributed by atoms with van der Waals surface area (Å²) in [5.74, 6) is 0.636. The predicted molar refractivity (Wildman–Crippen MR) is 98.5 cm³/mol. The van der Waals surface area contributed by atoms with Crippen molar-refractivity contribution in [2.24, 2.45) is 11.7 Å². The van der Waals surface area contributed by atoms with Gasteiger partial charge in [0.1, 0.15) is 0 Å². The van der Waals surface area contributed by atoms with Gasteiger partial charge in [0.05, 0.1) is 11.1 Å². The predicted octanol–water partition coefficient (Wildman–Crippen LogP) is 3.28. The number of piperidine rings is 1. The van der Waals surface area contributed by atoms with Crippen LogP contribution >= 0.6 is 24.8 Å². The van der Waals surface area contributed by atoms with Crippen molar-refractivity contribution < 1.29 is 4.79 Å². The molecule has 1 saturated heterocycles. The van der Waals surface area contributed by atoms with Crippen LogP contribution in [0.3, 0.4) is 0 Å². The van der Waals surface area contributed by atoms with Gasteiger partial charge in [-0.25, -0.2) is 0 Å².